The second-order valence-corrected chi connectivity index (χ2v) is 7.72. The summed E-state index contributed by atoms with van der Waals surface area (Å²) in [5.74, 6) is 1.35. The zero-order chi connectivity index (χ0) is 22.5. The lowest BCUT2D eigenvalue weighted by Crippen LogP contribution is -2.35. The fraction of sp³-hybridized carbons (Fsp3) is 0.250. The van der Waals surface area contributed by atoms with Gasteiger partial charge in [0.05, 0.1) is 43.8 Å². The summed E-state index contributed by atoms with van der Waals surface area (Å²) in [6.45, 7) is 4.52. The number of aromatic nitrogens is 4. The summed E-state index contributed by atoms with van der Waals surface area (Å²) in [6.07, 6.45) is 5.00. The average Bonchev–Trinajstić information content (AvgIpc) is 3.31. The second kappa shape index (κ2) is 9.76. The second-order valence-electron chi connectivity index (χ2n) is 7.72. The first-order valence-electron chi connectivity index (χ1n) is 10.8. The maximum absolute atomic E-state index is 5.41. The quantitative estimate of drug-likeness (QED) is 0.347. The molecule has 0 atom stereocenters. The molecule has 33 heavy (non-hydrogen) atoms. The number of hydrogen-bond donors (Lipinski definition) is 1. The third-order valence-electron chi connectivity index (χ3n) is 5.54. The SMILES string of the molecule is COc1cccc(-n2ncc3c(N/N=C/c4ccc(CN5CCOCC5)cc4)ncnc32)c1. The molecule has 1 saturated heterocycles. The Kier molecular flexibility index (Phi) is 6.23. The van der Waals surface area contributed by atoms with Crippen molar-refractivity contribution in [1.29, 1.82) is 0 Å². The van der Waals surface area contributed by atoms with Crippen LogP contribution in [-0.4, -0.2) is 64.3 Å². The average molecular weight is 444 g/mol. The summed E-state index contributed by atoms with van der Waals surface area (Å²) in [5, 5.41) is 9.62. The molecule has 0 amide bonds. The van der Waals surface area contributed by atoms with Crippen LogP contribution in [-0.2, 0) is 11.3 Å². The van der Waals surface area contributed by atoms with E-state index in [4.69, 9.17) is 9.47 Å². The Morgan fingerprint density at radius 2 is 1.97 bits per heavy atom. The highest BCUT2D eigenvalue weighted by atomic mass is 16.5. The molecule has 5 rings (SSSR count). The van der Waals surface area contributed by atoms with Gasteiger partial charge in [0.1, 0.15) is 12.1 Å². The highest BCUT2D eigenvalue weighted by Crippen LogP contribution is 2.23. The van der Waals surface area contributed by atoms with E-state index in [1.54, 1.807) is 24.2 Å². The molecule has 3 heterocycles. The molecule has 1 aliphatic rings. The molecule has 9 heteroatoms. The Morgan fingerprint density at radius 3 is 2.79 bits per heavy atom. The van der Waals surface area contributed by atoms with E-state index in [9.17, 15) is 0 Å². The third-order valence-corrected chi connectivity index (χ3v) is 5.54. The normalized spacial score (nSPS) is 14.7. The van der Waals surface area contributed by atoms with Crippen molar-refractivity contribution in [1.82, 2.24) is 24.6 Å². The molecule has 2 aromatic heterocycles. The van der Waals surface area contributed by atoms with Gasteiger partial charge in [0.15, 0.2) is 11.5 Å². The number of ether oxygens (including phenoxy) is 2. The molecule has 1 fully saturated rings. The molecule has 0 spiro atoms. The van der Waals surface area contributed by atoms with Crippen molar-refractivity contribution in [3.8, 4) is 11.4 Å². The lowest BCUT2D eigenvalue weighted by Gasteiger charge is -2.26. The number of morpholine rings is 1. The molecule has 0 unspecified atom stereocenters. The standard InChI is InChI=1S/C24H25N7O2/c1-32-21-4-2-3-20(13-21)31-24-22(15-28-31)23(25-17-26-24)29-27-14-18-5-7-19(8-6-18)16-30-9-11-33-12-10-30/h2-8,13-15,17H,9-12,16H2,1H3,(H,25,26,29)/b27-14+. The fourth-order valence-electron chi connectivity index (χ4n) is 3.76. The Hall–Kier alpha value is -3.82. The topological polar surface area (TPSA) is 89.7 Å². The number of methoxy groups -OCH3 is 1. The van der Waals surface area contributed by atoms with E-state index in [2.05, 4.69) is 54.8 Å². The van der Waals surface area contributed by atoms with Gasteiger partial charge in [-0.1, -0.05) is 30.3 Å². The first kappa shape index (κ1) is 21.0. The molecule has 0 bridgehead atoms. The molecule has 168 valence electrons. The summed E-state index contributed by atoms with van der Waals surface area (Å²) in [4.78, 5) is 11.1. The van der Waals surface area contributed by atoms with Gasteiger partial charge in [-0.25, -0.2) is 14.6 Å². The van der Waals surface area contributed by atoms with Gasteiger partial charge in [0, 0.05) is 25.7 Å². The zero-order valence-electron chi connectivity index (χ0n) is 18.4. The highest BCUT2D eigenvalue weighted by molar-refractivity contribution is 5.88. The summed E-state index contributed by atoms with van der Waals surface area (Å²) in [5.41, 5.74) is 6.85. The summed E-state index contributed by atoms with van der Waals surface area (Å²) >= 11 is 0. The first-order chi connectivity index (χ1) is 16.3. The smallest absolute Gasteiger partial charge is 0.168 e. The largest absolute Gasteiger partial charge is 0.497 e. The van der Waals surface area contributed by atoms with Crippen LogP contribution in [0.25, 0.3) is 16.7 Å². The molecule has 0 radical (unpaired) electrons. The maximum atomic E-state index is 5.41. The van der Waals surface area contributed by atoms with Crippen molar-refractivity contribution in [2.24, 2.45) is 5.10 Å². The molecule has 4 aromatic rings. The minimum absolute atomic E-state index is 0.592. The van der Waals surface area contributed by atoms with E-state index < -0.39 is 0 Å². The van der Waals surface area contributed by atoms with Crippen molar-refractivity contribution < 1.29 is 9.47 Å². The van der Waals surface area contributed by atoms with E-state index >= 15 is 0 Å². The van der Waals surface area contributed by atoms with Gasteiger partial charge in [0.25, 0.3) is 0 Å². The van der Waals surface area contributed by atoms with Crippen molar-refractivity contribution in [2.45, 2.75) is 6.54 Å². The van der Waals surface area contributed by atoms with Gasteiger partial charge in [-0.15, -0.1) is 0 Å². The summed E-state index contributed by atoms with van der Waals surface area (Å²) in [7, 11) is 1.64. The Balaban J connectivity index is 1.28. The van der Waals surface area contributed by atoms with E-state index in [1.807, 2.05) is 24.3 Å². The van der Waals surface area contributed by atoms with Crippen LogP contribution in [0.2, 0.25) is 0 Å². The number of hydrogen-bond acceptors (Lipinski definition) is 8. The van der Waals surface area contributed by atoms with Crippen LogP contribution >= 0.6 is 0 Å². The minimum Gasteiger partial charge on any atom is -0.497 e. The molecular weight excluding hydrogens is 418 g/mol. The van der Waals surface area contributed by atoms with Gasteiger partial charge >= 0.3 is 0 Å². The number of rotatable bonds is 7. The predicted octanol–water partition coefficient (Wildman–Crippen LogP) is 3.10. The van der Waals surface area contributed by atoms with E-state index in [0.29, 0.717) is 11.5 Å². The summed E-state index contributed by atoms with van der Waals surface area (Å²) < 4.78 is 12.5. The van der Waals surface area contributed by atoms with Gasteiger partial charge in [-0.2, -0.15) is 10.2 Å². The lowest BCUT2D eigenvalue weighted by atomic mass is 10.1. The number of hydrazone groups is 1. The highest BCUT2D eigenvalue weighted by Gasteiger charge is 2.12. The molecule has 1 N–H and O–H groups in total. The van der Waals surface area contributed by atoms with Crippen molar-refractivity contribution in [3.63, 3.8) is 0 Å². The van der Waals surface area contributed by atoms with Crippen LogP contribution in [0.5, 0.6) is 5.75 Å². The minimum atomic E-state index is 0.592. The first-order valence-corrected chi connectivity index (χ1v) is 10.8. The monoisotopic (exact) mass is 443 g/mol. The van der Waals surface area contributed by atoms with Gasteiger partial charge < -0.3 is 9.47 Å². The third kappa shape index (κ3) is 4.84. The Morgan fingerprint density at radius 1 is 1.12 bits per heavy atom. The maximum Gasteiger partial charge on any atom is 0.168 e. The Labute approximate surface area is 191 Å². The summed E-state index contributed by atoms with van der Waals surface area (Å²) in [6, 6.07) is 16.1. The van der Waals surface area contributed by atoms with Crippen LogP contribution in [0.1, 0.15) is 11.1 Å². The molecular formula is C24H25N7O2. The predicted molar refractivity (Wildman–Crippen MR) is 127 cm³/mol. The number of fused-ring (bicyclic) bond motifs is 1. The van der Waals surface area contributed by atoms with E-state index in [-0.39, 0.29) is 0 Å². The van der Waals surface area contributed by atoms with Gasteiger partial charge in [-0.3, -0.25) is 10.3 Å². The number of anilines is 1. The van der Waals surface area contributed by atoms with E-state index in [0.717, 1.165) is 55.2 Å². The number of benzene rings is 2. The van der Waals surface area contributed by atoms with Crippen LogP contribution in [0.4, 0.5) is 5.82 Å². The van der Waals surface area contributed by atoms with E-state index in [1.165, 1.54) is 11.9 Å². The number of nitrogens with zero attached hydrogens (tertiary/aromatic N) is 6. The zero-order valence-corrected chi connectivity index (χ0v) is 18.4. The van der Waals surface area contributed by atoms with Gasteiger partial charge in [-0.05, 0) is 23.3 Å². The van der Waals surface area contributed by atoms with Crippen LogP contribution in [0.15, 0.2) is 66.2 Å². The number of nitrogens with one attached hydrogen (secondary N) is 1. The molecule has 9 nitrogen and oxygen atoms in total. The molecule has 0 aliphatic carbocycles. The van der Waals surface area contributed by atoms with Crippen LogP contribution < -0.4 is 10.2 Å². The van der Waals surface area contributed by atoms with Crippen molar-refractivity contribution in [2.75, 3.05) is 38.8 Å². The fourth-order valence-corrected chi connectivity index (χ4v) is 3.76. The van der Waals surface area contributed by atoms with Gasteiger partial charge in [0.2, 0.25) is 0 Å². The van der Waals surface area contributed by atoms with Crippen molar-refractivity contribution in [3.05, 3.63) is 72.2 Å². The molecule has 0 saturated carbocycles. The van der Waals surface area contributed by atoms with Crippen molar-refractivity contribution >= 4 is 23.1 Å². The van der Waals surface area contributed by atoms with Crippen LogP contribution in [0, 0.1) is 0 Å². The molecule has 2 aromatic carbocycles. The lowest BCUT2D eigenvalue weighted by molar-refractivity contribution is 0.0342. The molecule has 1 aliphatic heterocycles. The van der Waals surface area contributed by atoms with Crippen LogP contribution in [0.3, 0.4) is 0 Å². The Bertz CT molecular complexity index is 1250.